The van der Waals surface area contributed by atoms with Gasteiger partial charge in [-0.1, -0.05) is 37.8 Å². The fourth-order valence-electron chi connectivity index (χ4n) is 2.10. The van der Waals surface area contributed by atoms with Gasteiger partial charge in [-0.2, -0.15) is 0 Å². The molecule has 0 spiro atoms. The van der Waals surface area contributed by atoms with E-state index in [4.69, 9.17) is 4.74 Å². The summed E-state index contributed by atoms with van der Waals surface area (Å²) in [5.41, 5.74) is 1.59. The summed E-state index contributed by atoms with van der Waals surface area (Å²) < 4.78 is 5.69. The molecule has 0 unspecified atom stereocenters. The molecular formula is C16H21NO3. The summed E-state index contributed by atoms with van der Waals surface area (Å²) in [6, 6.07) is 7.64. The van der Waals surface area contributed by atoms with E-state index in [9.17, 15) is 4.79 Å². The monoisotopic (exact) mass is 275 g/mol. The van der Waals surface area contributed by atoms with E-state index in [0.717, 1.165) is 24.3 Å². The Morgan fingerprint density at radius 2 is 1.90 bits per heavy atom. The molecule has 0 fully saturated rings. The van der Waals surface area contributed by atoms with Gasteiger partial charge in [0.25, 0.3) is 0 Å². The second-order valence-electron chi connectivity index (χ2n) is 4.97. The highest BCUT2D eigenvalue weighted by Gasteiger charge is 2.18. The first-order valence-electron chi connectivity index (χ1n) is 7.29. The minimum atomic E-state index is -0.299. The molecule has 0 atom stereocenters. The smallest absolute Gasteiger partial charge is 0.341 e. The first-order chi connectivity index (χ1) is 9.79. The van der Waals surface area contributed by atoms with Crippen molar-refractivity contribution in [3.63, 3.8) is 0 Å². The quantitative estimate of drug-likeness (QED) is 0.537. The average molecular weight is 275 g/mol. The van der Waals surface area contributed by atoms with Gasteiger partial charge in [-0.15, -0.1) is 0 Å². The van der Waals surface area contributed by atoms with Crippen molar-refractivity contribution in [2.75, 3.05) is 6.61 Å². The second kappa shape index (κ2) is 7.68. The molecule has 0 radical (unpaired) electrons. The molecule has 1 aliphatic heterocycles. The maximum absolute atomic E-state index is 11.0. The van der Waals surface area contributed by atoms with E-state index in [0.29, 0.717) is 5.71 Å². The lowest BCUT2D eigenvalue weighted by Crippen LogP contribution is -2.01. The third-order valence-corrected chi connectivity index (χ3v) is 3.27. The van der Waals surface area contributed by atoms with E-state index in [1.807, 2.05) is 24.3 Å². The van der Waals surface area contributed by atoms with Crippen LogP contribution in [0.3, 0.4) is 0 Å². The van der Waals surface area contributed by atoms with Gasteiger partial charge in [-0.3, -0.25) is 0 Å². The van der Waals surface area contributed by atoms with Crippen LogP contribution in [0.1, 0.15) is 51.0 Å². The highest BCUT2D eigenvalue weighted by molar-refractivity contribution is 6.11. The largest absolute Gasteiger partial charge is 0.494 e. The maximum Gasteiger partial charge on any atom is 0.341 e. The Balaban J connectivity index is 1.73. The van der Waals surface area contributed by atoms with Crippen LogP contribution >= 0.6 is 0 Å². The topological polar surface area (TPSA) is 47.9 Å². The minimum Gasteiger partial charge on any atom is -0.494 e. The van der Waals surface area contributed by atoms with Crippen LogP contribution in [0.15, 0.2) is 29.4 Å². The summed E-state index contributed by atoms with van der Waals surface area (Å²) in [4.78, 5) is 15.6. The predicted octanol–water partition coefficient (Wildman–Crippen LogP) is 3.69. The Bertz CT molecular complexity index is 465. The van der Waals surface area contributed by atoms with E-state index in [2.05, 4.69) is 16.9 Å². The number of oxime groups is 1. The molecule has 0 aromatic heterocycles. The molecule has 1 aromatic carbocycles. The molecule has 0 bridgehead atoms. The standard InChI is InChI=1S/C16H21NO3/c1-2-3-4-5-6-11-19-14-9-7-13(8-10-14)15-12-16(18)20-17-15/h7-10H,2-6,11-12H2,1H3. The van der Waals surface area contributed by atoms with Crippen LogP contribution in [0, 0.1) is 0 Å². The van der Waals surface area contributed by atoms with Crippen molar-refractivity contribution in [3.05, 3.63) is 29.8 Å². The summed E-state index contributed by atoms with van der Waals surface area (Å²) >= 11 is 0. The van der Waals surface area contributed by atoms with Crippen molar-refractivity contribution >= 4 is 11.7 Å². The summed E-state index contributed by atoms with van der Waals surface area (Å²) in [5.74, 6) is 0.558. The fourth-order valence-corrected chi connectivity index (χ4v) is 2.10. The molecule has 1 heterocycles. The molecule has 20 heavy (non-hydrogen) atoms. The lowest BCUT2D eigenvalue weighted by Gasteiger charge is -2.06. The van der Waals surface area contributed by atoms with Gasteiger partial charge >= 0.3 is 5.97 Å². The highest BCUT2D eigenvalue weighted by atomic mass is 16.7. The molecular weight excluding hydrogens is 254 g/mol. The Kier molecular flexibility index (Phi) is 5.59. The molecule has 1 aromatic rings. The van der Waals surface area contributed by atoms with Gasteiger partial charge in [-0.25, -0.2) is 4.79 Å². The van der Waals surface area contributed by atoms with Crippen molar-refractivity contribution in [3.8, 4) is 5.75 Å². The SMILES string of the molecule is CCCCCCCOc1ccc(C2=NOC(=O)C2)cc1. The second-order valence-corrected chi connectivity index (χ2v) is 4.97. The fraction of sp³-hybridized carbons (Fsp3) is 0.500. The van der Waals surface area contributed by atoms with Gasteiger partial charge in [0, 0.05) is 5.56 Å². The van der Waals surface area contributed by atoms with Crippen LogP contribution in [0.4, 0.5) is 0 Å². The minimum absolute atomic E-state index is 0.248. The number of unbranched alkanes of at least 4 members (excludes halogenated alkanes) is 4. The summed E-state index contributed by atoms with van der Waals surface area (Å²) in [6.07, 6.45) is 6.42. The lowest BCUT2D eigenvalue weighted by atomic mass is 10.1. The zero-order chi connectivity index (χ0) is 14.2. The van der Waals surface area contributed by atoms with Crippen LogP contribution in [0.25, 0.3) is 0 Å². The number of carbonyl (C=O) groups is 1. The summed E-state index contributed by atoms with van der Waals surface area (Å²) in [6.45, 7) is 2.97. The van der Waals surface area contributed by atoms with Gasteiger partial charge in [0.05, 0.1) is 18.7 Å². The molecule has 108 valence electrons. The molecule has 0 N–H and O–H groups in total. The first kappa shape index (κ1) is 14.6. The summed E-state index contributed by atoms with van der Waals surface area (Å²) in [7, 11) is 0. The van der Waals surface area contributed by atoms with E-state index in [-0.39, 0.29) is 12.4 Å². The molecule has 0 saturated heterocycles. The number of carbonyl (C=O) groups excluding carboxylic acids is 1. The predicted molar refractivity (Wildman–Crippen MR) is 77.9 cm³/mol. The molecule has 0 amide bonds. The van der Waals surface area contributed by atoms with E-state index in [1.54, 1.807) is 0 Å². The number of hydrogen-bond acceptors (Lipinski definition) is 4. The van der Waals surface area contributed by atoms with Crippen molar-refractivity contribution in [1.29, 1.82) is 0 Å². The molecule has 4 nitrogen and oxygen atoms in total. The van der Waals surface area contributed by atoms with Crippen LogP contribution in [-0.4, -0.2) is 18.3 Å². The zero-order valence-electron chi connectivity index (χ0n) is 11.9. The Labute approximate surface area is 119 Å². The van der Waals surface area contributed by atoms with Crippen molar-refractivity contribution in [2.24, 2.45) is 5.16 Å². The van der Waals surface area contributed by atoms with Gasteiger partial charge < -0.3 is 9.57 Å². The van der Waals surface area contributed by atoms with Crippen LogP contribution in [-0.2, 0) is 9.63 Å². The van der Waals surface area contributed by atoms with Crippen molar-refractivity contribution in [1.82, 2.24) is 0 Å². The molecule has 1 aliphatic rings. The number of ether oxygens (including phenoxy) is 1. The van der Waals surface area contributed by atoms with E-state index >= 15 is 0 Å². The maximum atomic E-state index is 11.0. The molecule has 4 heteroatoms. The average Bonchev–Trinajstić information content (AvgIpc) is 2.90. The number of rotatable bonds is 8. The Morgan fingerprint density at radius 3 is 2.55 bits per heavy atom. The number of benzene rings is 1. The van der Waals surface area contributed by atoms with Crippen molar-refractivity contribution < 1.29 is 14.4 Å². The van der Waals surface area contributed by atoms with Crippen molar-refractivity contribution in [2.45, 2.75) is 45.4 Å². The van der Waals surface area contributed by atoms with Gasteiger partial charge in [0.15, 0.2) is 0 Å². The van der Waals surface area contributed by atoms with E-state index < -0.39 is 0 Å². The third kappa shape index (κ3) is 4.37. The molecule has 2 rings (SSSR count). The van der Waals surface area contributed by atoms with Gasteiger partial charge in [0.1, 0.15) is 5.75 Å². The lowest BCUT2D eigenvalue weighted by molar-refractivity contribution is -0.140. The van der Waals surface area contributed by atoms with Crippen LogP contribution < -0.4 is 4.74 Å². The Hall–Kier alpha value is -1.84. The Morgan fingerprint density at radius 1 is 1.15 bits per heavy atom. The van der Waals surface area contributed by atoms with E-state index in [1.165, 1.54) is 25.7 Å². The summed E-state index contributed by atoms with van der Waals surface area (Å²) in [5, 5.41) is 3.75. The number of nitrogens with zero attached hydrogens (tertiary/aromatic N) is 1. The highest BCUT2D eigenvalue weighted by Crippen LogP contribution is 2.17. The van der Waals surface area contributed by atoms with Crippen LogP contribution in [0.2, 0.25) is 0 Å². The first-order valence-corrected chi connectivity index (χ1v) is 7.29. The molecule has 0 aliphatic carbocycles. The van der Waals surface area contributed by atoms with Crippen LogP contribution in [0.5, 0.6) is 5.75 Å². The van der Waals surface area contributed by atoms with Gasteiger partial charge in [0.2, 0.25) is 0 Å². The third-order valence-electron chi connectivity index (χ3n) is 3.27. The normalized spacial score (nSPS) is 14.1. The zero-order valence-corrected chi connectivity index (χ0v) is 11.9. The van der Waals surface area contributed by atoms with Gasteiger partial charge in [-0.05, 0) is 30.7 Å². The number of hydrogen-bond donors (Lipinski definition) is 0. The molecule has 0 saturated carbocycles.